The Morgan fingerprint density at radius 3 is 2.60 bits per heavy atom. The lowest BCUT2D eigenvalue weighted by Gasteiger charge is -2.08. The second-order valence-corrected chi connectivity index (χ2v) is 5.84. The fraction of sp³-hybridized carbons (Fsp3) is 0.0714. The molecule has 0 aliphatic heterocycles. The minimum absolute atomic E-state index is 0.151. The Hall–Kier alpha value is -1.36. The van der Waals surface area contributed by atoms with Gasteiger partial charge in [0.1, 0.15) is 0 Å². The molecule has 0 fully saturated rings. The van der Waals surface area contributed by atoms with Gasteiger partial charge in [-0.25, -0.2) is 0 Å². The first-order valence-corrected chi connectivity index (χ1v) is 7.52. The van der Waals surface area contributed by atoms with Crippen LogP contribution in [0.15, 0.2) is 47.4 Å². The molecule has 1 amide bonds. The molecular formula is C14H12Cl2N2OS. The number of carbonyl (C=O) groups excluding carboxylic acids is 1. The third-order valence-corrected chi connectivity index (χ3v) is 4.29. The van der Waals surface area contributed by atoms with Crippen LogP contribution in [-0.4, -0.2) is 11.7 Å². The minimum Gasteiger partial charge on any atom is -0.399 e. The van der Waals surface area contributed by atoms with E-state index in [-0.39, 0.29) is 11.7 Å². The topological polar surface area (TPSA) is 55.1 Å². The molecule has 104 valence electrons. The fourth-order valence-corrected chi connectivity index (χ4v) is 2.80. The monoisotopic (exact) mass is 326 g/mol. The van der Waals surface area contributed by atoms with Crippen LogP contribution in [-0.2, 0) is 4.79 Å². The number of rotatable bonds is 4. The number of benzene rings is 2. The van der Waals surface area contributed by atoms with Gasteiger partial charge in [-0.05, 0) is 30.3 Å². The summed E-state index contributed by atoms with van der Waals surface area (Å²) in [5.41, 5.74) is 6.69. The Labute approximate surface area is 131 Å². The molecule has 0 spiro atoms. The Kier molecular flexibility index (Phi) is 5.17. The van der Waals surface area contributed by atoms with E-state index in [1.54, 1.807) is 24.3 Å². The van der Waals surface area contributed by atoms with E-state index in [4.69, 9.17) is 28.9 Å². The highest BCUT2D eigenvalue weighted by molar-refractivity contribution is 8.00. The molecule has 0 unspecified atom stereocenters. The zero-order chi connectivity index (χ0) is 14.5. The second kappa shape index (κ2) is 6.88. The van der Waals surface area contributed by atoms with Gasteiger partial charge >= 0.3 is 0 Å². The van der Waals surface area contributed by atoms with Crippen molar-refractivity contribution in [3.05, 3.63) is 52.5 Å². The van der Waals surface area contributed by atoms with Crippen LogP contribution in [0.4, 0.5) is 11.4 Å². The van der Waals surface area contributed by atoms with Crippen molar-refractivity contribution in [1.82, 2.24) is 0 Å². The number of nitrogen functional groups attached to an aromatic ring is 1. The van der Waals surface area contributed by atoms with E-state index >= 15 is 0 Å². The molecule has 3 nitrogen and oxygen atoms in total. The van der Waals surface area contributed by atoms with Gasteiger partial charge in [-0.3, -0.25) is 4.79 Å². The maximum atomic E-state index is 11.9. The Bertz CT molecular complexity index is 634. The lowest BCUT2D eigenvalue weighted by atomic mass is 10.3. The number of amides is 1. The number of anilines is 2. The number of nitrogens with two attached hydrogens (primary N) is 1. The summed E-state index contributed by atoms with van der Waals surface area (Å²) in [6, 6.07) is 12.3. The molecule has 2 rings (SSSR count). The number of halogens is 2. The highest BCUT2D eigenvalue weighted by Crippen LogP contribution is 2.27. The molecule has 0 aromatic heterocycles. The summed E-state index contributed by atoms with van der Waals surface area (Å²) in [6.07, 6.45) is 0. The largest absolute Gasteiger partial charge is 0.399 e. The molecule has 2 aromatic rings. The lowest BCUT2D eigenvalue weighted by molar-refractivity contribution is -0.113. The molecule has 0 heterocycles. The third-order valence-electron chi connectivity index (χ3n) is 2.46. The molecule has 0 saturated carbocycles. The Morgan fingerprint density at radius 2 is 1.90 bits per heavy atom. The van der Waals surface area contributed by atoms with Crippen molar-refractivity contribution in [2.45, 2.75) is 4.90 Å². The van der Waals surface area contributed by atoms with Crippen LogP contribution in [0.5, 0.6) is 0 Å². The van der Waals surface area contributed by atoms with Gasteiger partial charge in [0.25, 0.3) is 0 Å². The van der Waals surface area contributed by atoms with Gasteiger partial charge in [-0.1, -0.05) is 35.3 Å². The maximum Gasteiger partial charge on any atom is 0.234 e. The minimum atomic E-state index is -0.151. The maximum absolute atomic E-state index is 11.9. The van der Waals surface area contributed by atoms with E-state index in [1.165, 1.54) is 11.8 Å². The molecular weight excluding hydrogens is 315 g/mol. The van der Waals surface area contributed by atoms with Gasteiger partial charge in [0.05, 0.1) is 21.5 Å². The number of carbonyl (C=O) groups is 1. The van der Waals surface area contributed by atoms with Crippen molar-refractivity contribution >= 4 is 52.2 Å². The Morgan fingerprint density at radius 1 is 1.15 bits per heavy atom. The predicted octanol–water partition coefficient (Wildman–Crippen LogP) is 4.31. The van der Waals surface area contributed by atoms with Crippen LogP contribution < -0.4 is 11.1 Å². The standard InChI is InChI=1S/C14H12Cl2N2OS/c15-10-3-1-2-4-13(10)20-8-14(19)18-12-6-5-9(17)7-11(12)16/h1-7H,8,17H2,(H,18,19). The fourth-order valence-electron chi connectivity index (χ4n) is 1.52. The first-order chi connectivity index (χ1) is 9.56. The molecule has 0 radical (unpaired) electrons. The van der Waals surface area contributed by atoms with Crippen molar-refractivity contribution in [2.24, 2.45) is 0 Å². The molecule has 0 bridgehead atoms. The molecule has 20 heavy (non-hydrogen) atoms. The summed E-state index contributed by atoms with van der Waals surface area (Å²) >= 11 is 13.4. The van der Waals surface area contributed by atoms with E-state index in [1.807, 2.05) is 18.2 Å². The van der Waals surface area contributed by atoms with Crippen molar-refractivity contribution < 1.29 is 4.79 Å². The summed E-state index contributed by atoms with van der Waals surface area (Å²) in [6.45, 7) is 0. The van der Waals surface area contributed by atoms with Gasteiger partial charge < -0.3 is 11.1 Å². The normalized spacial score (nSPS) is 10.3. The number of thioether (sulfide) groups is 1. The van der Waals surface area contributed by atoms with E-state index in [9.17, 15) is 4.79 Å². The van der Waals surface area contributed by atoms with Gasteiger partial charge in [0.15, 0.2) is 0 Å². The molecule has 0 saturated heterocycles. The van der Waals surface area contributed by atoms with Crippen LogP contribution >= 0.6 is 35.0 Å². The van der Waals surface area contributed by atoms with Crippen LogP contribution in [0.2, 0.25) is 10.0 Å². The molecule has 0 aliphatic carbocycles. The average Bonchev–Trinajstić information content (AvgIpc) is 2.41. The molecule has 0 atom stereocenters. The van der Waals surface area contributed by atoms with Crippen molar-refractivity contribution in [2.75, 3.05) is 16.8 Å². The van der Waals surface area contributed by atoms with Gasteiger partial charge in [0.2, 0.25) is 5.91 Å². The van der Waals surface area contributed by atoms with E-state index in [0.29, 0.717) is 21.4 Å². The van der Waals surface area contributed by atoms with Crippen molar-refractivity contribution in [1.29, 1.82) is 0 Å². The van der Waals surface area contributed by atoms with Crippen LogP contribution in [0.3, 0.4) is 0 Å². The average molecular weight is 327 g/mol. The highest BCUT2D eigenvalue weighted by Gasteiger charge is 2.08. The second-order valence-electron chi connectivity index (χ2n) is 4.01. The van der Waals surface area contributed by atoms with Crippen LogP contribution in [0, 0.1) is 0 Å². The summed E-state index contributed by atoms with van der Waals surface area (Å²) < 4.78 is 0. The van der Waals surface area contributed by atoms with Gasteiger partial charge in [-0.15, -0.1) is 11.8 Å². The third kappa shape index (κ3) is 4.07. The molecule has 0 aliphatic rings. The summed E-state index contributed by atoms with van der Waals surface area (Å²) in [5.74, 6) is 0.103. The van der Waals surface area contributed by atoms with E-state index in [0.717, 1.165) is 4.90 Å². The number of hydrogen-bond donors (Lipinski definition) is 2. The zero-order valence-corrected chi connectivity index (χ0v) is 12.7. The first-order valence-electron chi connectivity index (χ1n) is 5.78. The van der Waals surface area contributed by atoms with Gasteiger partial charge in [0, 0.05) is 10.6 Å². The summed E-state index contributed by atoms with van der Waals surface area (Å²) in [5, 5.41) is 3.79. The smallest absolute Gasteiger partial charge is 0.234 e. The molecule has 6 heteroatoms. The molecule has 2 aromatic carbocycles. The number of nitrogens with one attached hydrogen (secondary N) is 1. The first kappa shape index (κ1) is 15.0. The van der Waals surface area contributed by atoms with Crippen LogP contribution in [0.1, 0.15) is 0 Å². The van der Waals surface area contributed by atoms with Crippen molar-refractivity contribution in [3.63, 3.8) is 0 Å². The molecule has 3 N–H and O–H groups in total. The SMILES string of the molecule is Nc1ccc(NC(=O)CSc2ccccc2Cl)c(Cl)c1. The summed E-state index contributed by atoms with van der Waals surface area (Å²) in [7, 11) is 0. The van der Waals surface area contributed by atoms with E-state index < -0.39 is 0 Å². The van der Waals surface area contributed by atoms with E-state index in [2.05, 4.69) is 5.32 Å². The zero-order valence-electron chi connectivity index (χ0n) is 10.4. The quantitative estimate of drug-likeness (QED) is 0.650. The Balaban J connectivity index is 1.94. The lowest BCUT2D eigenvalue weighted by Crippen LogP contribution is -2.14. The summed E-state index contributed by atoms with van der Waals surface area (Å²) in [4.78, 5) is 12.7. The van der Waals surface area contributed by atoms with Crippen molar-refractivity contribution in [3.8, 4) is 0 Å². The van der Waals surface area contributed by atoms with Gasteiger partial charge in [-0.2, -0.15) is 0 Å². The number of hydrogen-bond acceptors (Lipinski definition) is 3. The predicted molar refractivity (Wildman–Crippen MR) is 86.7 cm³/mol. The van der Waals surface area contributed by atoms with Crippen LogP contribution in [0.25, 0.3) is 0 Å². The highest BCUT2D eigenvalue weighted by atomic mass is 35.5.